The Balaban J connectivity index is 2.67. The summed E-state index contributed by atoms with van der Waals surface area (Å²) in [6.07, 6.45) is 2.86. The van der Waals surface area contributed by atoms with Gasteiger partial charge in [0, 0.05) is 0 Å². The predicted molar refractivity (Wildman–Crippen MR) is 58.3 cm³/mol. The number of thiazole rings is 1. The first-order chi connectivity index (χ1) is 6.31. The van der Waals surface area contributed by atoms with Crippen LogP contribution in [0.2, 0.25) is 0 Å². The molecule has 0 amide bonds. The minimum atomic E-state index is 0.930. The van der Waals surface area contributed by atoms with Crippen LogP contribution in [0.4, 0.5) is 0 Å². The van der Waals surface area contributed by atoms with Gasteiger partial charge in [-0.3, -0.25) is 0 Å². The fourth-order valence-corrected chi connectivity index (χ4v) is 2.37. The molecule has 2 aromatic rings. The second kappa shape index (κ2) is 3.30. The molecule has 0 saturated heterocycles. The summed E-state index contributed by atoms with van der Waals surface area (Å²) in [4.78, 5) is 4.44. The molecule has 0 aliphatic carbocycles. The minimum absolute atomic E-state index is 0.930. The third-order valence-electron chi connectivity index (χ3n) is 1.97. The Morgan fingerprint density at radius 2 is 2.38 bits per heavy atom. The highest BCUT2D eigenvalue weighted by molar-refractivity contribution is 7.18. The summed E-state index contributed by atoms with van der Waals surface area (Å²) in [5, 5.41) is 1.13. The van der Waals surface area contributed by atoms with Gasteiger partial charge in [0.15, 0.2) is 0 Å². The Morgan fingerprint density at radius 1 is 1.54 bits per heavy atom. The van der Waals surface area contributed by atoms with E-state index in [9.17, 15) is 0 Å². The number of rotatable bonds is 2. The van der Waals surface area contributed by atoms with Gasteiger partial charge in [0.2, 0.25) is 0 Å². The summed E-state index contributed by atoms with van der Waals surface area (Å²) in [5.74, 6) is 0. The van der Waals surface area contributed by atoms with E-state index in [1.807, 2.05) is 13.0 Å². The van der Waals surface area contributed by atoms with Gasteiger partial charge in [-0.2, -0.15) is 0 Å². The first-order valence-electron chi connectivity index (χ1n) is 4.27. The van der Waals surface area contributed by atoms with Crippen molar-refractivity contribution in [3.8, 4) is 0 Å². The number of hydrogen-bond donors (Lipinski definition) is 0. The number of nitrogens with zero attached hydrogens (tertiary/aromatic N) is 1. The molecule has 0 saturated carbocycles. The zero-order valence-electron chi connectivity index (χ0n) is 7.58. The highest BCUT2D eigenvalue weighted by Crippen LogP contribution is 2.25. The normalized spacial score (nSPS) is 10.5. The van der Waals surface area contributed by atoms with Crippen molar-refractivity contribution < 1.29 is 0 Å². The molecule has 0 atom stereocenters. The van der Waals surface area contributed by atoms with Crippen LogP contribution in [0, 0.1) is 6.92 Å². The average molecular weight is 189 g/mol. The van der Waals surface area contributed by atoms with Gasteiger partial charge in [0.1, 0.15) is 0 Å². The maximum Gasteiger partial charge on any atom is 0.0907 e. The van der Waals surface area contributed by atoms with Crippen LogP contribution < -0.4 is 0 Å². The quantitative estimate of drug-likeness (QED) is 0.660. The van der Waals surface area contributed by atoms with Gasteiger partial charge >= 0.3 is 0 Å². The lowest BCUT2D eigenvalue weighted by atomic mass is 10.1. The molecule has 0 bridgehead atoms. The molecular weight excluding hydrogens is 178 g/mol. The molecule has 0 aliphatic heterocycles. The van der Waals surface area contributed by atoms with E-state index in [0.717, 1.165) is 16.9 Å². The zero-order chi connectivity index (χ0) is 9.26. The maximum absolute atomic E-state index is 4.44. The van der Waals surface area contributed by atoms with Gasteiger partial charge in [-0.15, -0.1) is 17.9 Å². The molecule has 1 aromatic heterocycles. The van der Waals surface area contributed by atoms with Gasteiger partial charge in [-0.25, -0.2) is 4.98 Å². The van der Waals surface area contributed by atoms with E-state index in [1.54, 1.807) is 11.3 Å². The van der Waals surface area contributed by atoms with Crippen LogP contribution in [0.3, 0.4) is 0 Å². The lowest BCUT2D eigenvalue weighted by Gasteiger charge is -1.96. The van der Waals surface area contributed by atoms with Crippen molar-refractivity contribution in [1.29, 1.82) is 0 Å². The molecule has 1 heterocycles. The number of allylic oxidation sites excluding steroid dienone is 1. The predicted octanol–water partition coefficient (Wildman–Crippen LogP) is 3.33. The molecule has 1 nitrogen and oxygen atoms in total. The highest BCUT2D eigenvalue weighted by Gasteiger charge is 2.03. The van der Waals surface area contributed by atoms with Crippen molar-refractivity contribution in [2.75, 3.05) is 0 Å². The molecule has 0 unspecified atom stereocenters. The van der Waals surface area contributed by atoms with E-state index in [1.165, 1.54) is 10.3 Å². The molecule has 0 N–H and O–H groups in total. The third kappa shape index (κ3) is 1.49. The third-order valence-corrected chi connectivity index (χ3v) is 3.03. The first kappa shape index (κ1) is 8.45. The van der Waals surface area contributed by atoms with Crippen LogP contribution in [0.25, 0.3) is 10.2 Å². The van der Waals surface area contributed by atoms with Crippen molar-refractivity contribution in [3.63, 3.8) is 0 Å². The molecular formula is C11H11NS. The fourth-order valence-electron chi connectivity index (χ4n) is 1.43. The molecule has 0 aliphatic rings. The van der Waals surface area contributed by atoms with E-state index in [2.05, 4.69) is 29.8 Å². The number of hydrogen-bond acceptors (Lipinski definition) is 2. The van der Waals surface area contributed by atoms with Crippen molar-refractivity contribution in [3.05, 3.63) is 41.4 Å². The van der Waals surface area contributed by atoms with Crippen LogP contribution in [0.1, 0.15) is 10.6 Å². The lowest BCUT2D eigenvalue weighted by molar-refractivity contribution is 1.30. The first-order valence-corrected chi connectivity index (χ1v) is 5.09. The van der Waals surface area contributed by atoms with Crippen LogP contribution in [0.15, 0.2) is 30.9 Å². The van der Waals surface area contributed by atoms with Crippen molar-refractivity contribution in [1.82, 2.24) is 4.98 Å². The van der Waals surface area contributed by atoms with Gasteiger partial charge in [0.25, 0.3) is 0 Å². The van der Waals surface area contributed by atoms with Crippen LogP contribution >= 0.6 is 11.3 Å². The standard InChI is InChI=1S/C11H11NS/c1-3-5-9-6-4-7-10-11(9)13-8(2)12-10/h3-4,6-7H,1,5H2,2H3. The number of benzene rings is 1. The van der Waals surface area contributed by atoms with E-state index >= 15 is 0 Å². The lowest BCUT2D eigenvalue weighted by Crippen LogP contribution is -1.79. The van der Waals surface area contributed by atoms with Gasteiger partial charge in [-0.1, -0.05) is 18.2 Å². The monoisotopic (exact) mass is 189 g/mol. The van der Waals surface area contributed by atoms with E-state index in [4.69, 9.17) is 0 Å². The van der Waals surface area contributed by atoms with Crippen molar-refractivity contribution >= 4 is 21.6 Å². The van der Waals surface area contributed by atoms with Crippen LogP contribution in [0.5, 0.6) is 0 Å². The Kier molecular flexibility index (Phi) is 2.15. The van der Waals surface area contributed by atoms with Crippen molar-refractivity contribution in [2.24, 2.45) is 0 Å². The largest absolute Gasteiger partial charge is 0.242 e. The molecule has 0 fully saturated rings. The Labute approximate surface area is 81.7 Å². The minimum Gasteiger partial charge on any atom is -0.242 e. The summed E-state index contributed by atoms with van der Waals surface area (Å²) in [6, 6.07) is 6.26. The Bertz CT molecular complexity index is 442. The highest BCUT2D eigenvalue weighted by atomic mass is 32.1. The van der Waals surface area contributed by atoms with Crippen LogP contribution in [-0.4, -0.2) is 4.98 Å². The van der Waals surface area contributed by atoms with Crippen molar-refractivity contribution in [2.45, 2.75) is 13.3 Å². The SMILES string of the molecule is C=CCc1cccc2nc(C)sc12. The summed E-state index contributed by atoms with van der Waals surface area (Å²) >= 11 is 1.76. The smallest absolute Gasteiger partial charge is 0.0907 e. The summed E-state index contributed by atoms with van der Waals surface area (Å²) < 4.78 is 1.31. The molecule has 66 valence electrons. The average Bonchev–Trinajstić information content (AvgIpc) is 2.47. The summed E-state index contributed by atoms with van der Waals surface area (Å²) in [5.41, 5.74) is 2.44. The second-order valence-corrected chi connectivity index (χ2v) is 4.19. The fraction of sp³-hybridized carbons (Fsp3) is 0.182. The molecule has 13 heavy (non-hydrogen) atoms. The number of aromatic nitrogens is 1. The maximum atomic E-state index is 4.44. The summed E-state index contributed by atoms with van der Waals surface area (Å²) in [7, 11) is 0. The topological polar surface area (TPSA) is 12.9 Å². The molecule has 2 rings (SSSR count). The molecule has 0 spiro atoms. The van der Waals surface area contributed by atoms with E-state index in [0.29, 0.717) is 0 Å². The van der Waals surface area contributed by atoms with E-state index in [-0.39, 0.29) is 0 Å². The van der Waals surface area contributed by atoms with Gasteiger partial charge in [-0.05, 0) is 25.0 Å². The van der Waals surface area contributed by atoms with Gasteiger partial charge in [0.05, 0.1) is 15.2 Å². The molecule has 2 heteroatoms. The molecule has 0 radical (unpaired) electrons. The molecule has 1 aromatic carbocycles. The zero-order valence-corrected chi connectivity index (χ0v) is 8.40. The van der Waals surface area contributed by atoms with Gasteiger partial charge < -0.3 is 0 Å². The Hall–Kier alpha value is -1.15. The summed E-state index contributed by atoms with van der Waals surface area (Å²) in [6.45, 7) is 5.80. The second-order valence-electron chi connectivity index (χ2n) is 2.99. The Morgan fingerprint density at radius 3 is 3.15 bits per heavy atom. The number of aryl methyl sites for hydroxylation is 1. The number of fused-ring (bicyclic) bond motifs is 1. The van der Waals surface area contributed by atoms with Crippen LogP contribution in [-0.2, 0) is 6.42 Å². The van der Waals surface area contributed by atoms with E-state index < -0.39 is 0 Å².